The van der Waals surface area contributed by atoms with Crippen LogP contribution in [0.25, 0.3) is 11.1 Å². The first-order chi connectivity index (χ1) is 13.6. The third kappa shape index (κ3) is 3.74. The lowest BCUT2D eigenvalue weighted by Gasteiger charge is -2.56. The van der Waals surface area contributed by atoms with Gasteiger partial charge >= 0.3 is 0 Å². The fourth-order valence-corrected chi connectivity index (χ4v) is 4.90. The Balaban J connectivity index is 1.34. The van der Waals surface area contributed by atoms with Crippen LogP contribution in [0.5, 0.6) is 0 Å². The minimum absolute atomic E-state index is 0.0413. The van der Waals surface area contributed by atoms with Crippen LogP contribution in [0, 0.1) is 12.3 Å². The predicted molar refractivity (Wildman–Crippen MR) is 113 cm³/mol. The first-order valence-electron chi connectivity index (χ1n) is 10.5. The van der Waals surface area contributed by atoms with Crippen LogP contribution in [-0.2, 0) is 11.3 Å². The summed E-state index contributed by atoms with van der Waals surface area (Å²) in [6.45, 7) is 6.29. The summed E-state index contributed by atoms with van der Waals surface area (Å²) in [7, 11) is 0. The molecular weight excluding hydrogens is 348 g/mol. The van der Waals surface area contributed by atoms with E-state index < -0.39 is 0 Å². The number of aliphatic hydroxyl groups excluding tert-OH is 1. The molecule has 0 unspecified atom stereocenters. The van der Waals surface area contributed by atoms with Crippen LogP contribution < -0.4 is 5.73 Å². The van der Waals surface area contributed by atoms with E-state index in [2.05, 4.69) is 60.4 Å². The quantitative estimate of drug-likeness (QED) is 0.807. The number of piperidine rings is 1. The zero-order chi connectivity index (χ0) is 19.6. The fraction of sp³-hybridized carbons (Fsp3) is 0.500. The molecule has 1 spiro atoms. The van der Waals surface area contributed by atoms with Crippen LogP contribution in [0.15, 0.2) is 48.5 Å². The van der Waals surface area contributed by atoms with Crippen molar-refractivity contribution in [2.45, 2.75) is 44.9 Å². The summed E-state index contributed by atoms with van der Waals surface area (Å²) in [4.78, 5) is 2.50. The van der Waals surface area contributed by atoms with Gasteiger partial charge in [0, 0.05) is 24.9 Å². The van der Waals surface area contributed by atoms with Crippen molar-refractivity contribution in [3.05, 3.63) is 59.7 Å². The number of aryl methyl sites for hydroxylation is 1. The Morgan fingerprint density at radius 3 is 2.46 bits per heavy atom. The number of ether oxygens (including phenoxy) is 1. The van der Waals surface area contributed by atoms with Crippen LogP contribution in [0.1, 0.15) is 30.4 Å². The molecular formula is C24H32N2O2. The number of nitrogens with zero attached hydrogens (tertiary/aromatic N) is 1. The Bertz CT molecular complexity index is 781. The van der Waals surface area contributed by atoms with E-state index in [0.717, 1.165) is 38.9 Å². The van der Waals surface area contributed by atoms with E-state index in [1.165, 1.54) is 22.3 Å². The maximum absolute atomic E-state index is 10.4. The summed E-state index contributed by atoms with van der Waals surface area (Å²) in [5, 5.41) is 10.4. The summed E-state index contributed by atoms with van der Waals surface area (Å²) >= 11 is 0. The smallest absolute Gasteiger partial charge is 0.0682 e. The van der Waals surface area contributed by atoms with Crippen molar-refractivity contribution in [3.63, 3.8) is 0 Å². The Morgan fingerprint density at radius 1 is 1.11 bits per heavy atom. The maximum Gasteiger partial charge on any atom is 0.0682 e. The van der Waals surface area contributed by atoms with Crippen LogP contribution in [-0.4, -0.2) is 48.5 Å². The van der Waals surface area contributed by atoms with Gasteiger partial charge in [-0.1, -0.05) is 48.5 Å². The Kier molecular flexibility index (Phi) is 5.83. The number of nitrogens with two attached hydrogens (primary N) is 1. The predicted octanol–water partition coefficient (Wildman–Crippen LogP) is 3.35. The highest BCUT2D eigenvalue weighted by Crippen LogP contribution is 2.51. The van der Waals surface area contributed by atoms with Crippen LogP contribution >= 0.6 is 0 Å². The summed E-state index contributed by atoms with van der Waals surface area (Å²) in [6.07, 6.45) is 2.74. The lowest BCUT2D eigenvalue weighted by atomic mass is 9.58. The second kappa shape index (κ2) is 8.34. The number of rotatable bonds is 6. The van der Waals surface area contributed by atoms with E-state index in [-0.39, 0.29) is 17.6 Å². The second-order valence-corrected chi connectivity index (χ2v) is 8.42. The van der Waals surface area contributed by atoms with Crippen molar-refractivity contribution in [2.75, 3.05) is 26.2 Å². The molecule has 2 aliphatic rings. The summed E-state index contributed by atoms with van der Waals surface area (Å²) in [5.41, 5.74) is 10.8. The minimum atomic E-state index is -0.217. The van der Waals surface area contributed by atoms with Crippen molar-refractivity contribution in [2.24, 2.45) is 11.1 Å². The molecule has 28 heavy (non-hydrogen) atoms. The Labute approximate surface area is 168 Å². The van der Waals surface area contributed by atoms with Gasteiger partial charge in [0.15, 0.2) is 0 Å². The first kappa shape index (κ1) is 19.6. The molecule has 1 aliphatic carbocycles. The van der Waals surface area contributed by atoms with E-state index >= 15 is 0 Å². The molecule has 1 heterocycles. The second-order valence-electron chi connectivity index (χ2n) is 8.42. The summed E-state index contributed by atoms with van der Waals surface area (Å²) < 4.78 is 5.91. The highest BCUT2D eigenvalue weighted by Gasteiger charge is 2.55. The molecule has 4 rings (SSSR count). The van der Waals surface area contributed by atoms with Gasteiger partial charge in [0.2, 0.25) is 0 Å². The van der Waals surface area contributed by atoms with Crippen molar-refractivity contribution in [1.82, 2.24) is 4.90 Å². The lowest BCUT2D eigenvalue weighted by molar-refractivity contribution is -0.210. The monoisotopic (exact) mass is 380 g/mol. The zero-order valence-electron chi connectivity index (χ0n) is 16.8. The van der Waals surface area contributed by atoms with Crippen molar-refractivity contribution in [1.29, 1.82) is 0 Å². The molecule has 1 aliphatic heterocycles. The fourth-order valence-electron chi connectivity index (χ4n) is 4.90. The molecule has 4 nitrogen and oxygen atoms in total. The van der Waals surface area contributed by atoms with Crippen molar-refractivity contribution >= 4 is 0 Å². The topological polar surface area (TPSA) is 58.7 Å². The van der Waals surface area contributed by atoms with Crippen molar-refractivity contribution in [3.8, 4) is 11.1 Å². The van der Waals surface area contributed by atoms with Gasteiger partial charge in [0.25, 0.3) is 0 Å². The summed E-state index contributed by atoms with van der Waals surface area (Å²) in [5.74, 6) is 0. The van der Waals surface area contributed by atoms with Gasteiger partial charge in [-0.3, -0.25) is 4.90 Å². The van der Waals surface area contributed by atoms with Gasteiger partial charge in [-0.2, -0.15) is 0 Å². The Hall–Kier alpha value is -1.72. The molecule has 0 amide bonds. The van der Waals surface area contributed by atoms with Crippen LogP contribution in [0.2, 0.25) is 0 Å². The van der Waals surface area contributed by atoms with E-state index in [0.29, 0.717) is 13.2 Å². The van der Waals surface area contributed by atoms with Crippen LogP contribution in [0.4, 0.5) is 0 Å². The molecule has 1 saturated heterocycles. The van der Waals surface area contributed by atoms with Gasteiger partial charge in [0.1, 0.15) is 0 Å². The standard InChI is InChI=1S/C24H32N2O2/c1-18-4-2-3-5-21(18)20-8-6-19(7-9-20)17-26-13-10-24(11-14-26)22(27)16-23(24)28-15-12-25/h2-9,22-23,27H,10-17,25H2,1H3/t22-,23+/m1/s1. The van der Waals surface area contributed by atoms with Crippen molar-refractivity contribution < 1.29 is 9.84 Å². The summed E-state index contributed by atoms with van der Waals surface area (Å²) in [6, 6.07) is 17.5. The molecule has 2 aromatic carbocycles. The molecule has 3 N–H and O–H groups in total. The molecule has 2 aromatic rings. The van der Waals surface area contributed by atoms with Gasteiger partial charge < -0.3 is 15.6 Å². The first-order valence-corrected chi connectivity index (χ1v) is 10.5. The molecule has 0 aromatic heterocycles. The molecule has 2 fully saturated rings. The largest absolute Gasteiger partial charge is 0.392 e. The molecule has 150 valence electrons. The normalized spacial score (nSPS) is 24.2. The number of hydrogen-bond donors (Lipinski definition) is 2. The average molecular weight is 381 g/mol. The van der Waals surface area contributed by atoms with E-state index in [1.54, 1.807) is 0 Å². The Morgan fingerprint density at radius 2 is 1.82 bits per heavy atom. The molecule has 4 heteroatoms. The SMILES string of the molecule is Cc1ccccc1-c1ccc(CN2CCC3(CC2)[C@H](O)C[C@@H]3OCCN)cc1. The third-order valence-electron chi connectivity index (χ3n) is 6.78. The zero-order valence-corrected chi connectivity index (χ0v) is 16.8. The van der Waals surface area contributed by atoms with E-state index in [9.17, 15) is 5.11 Å². The van der Waals surface area contributed by atoms with Gasteiger partial charge in [-0.05, 0) is 55.1 Å². The number of benzene rings is 2. The van der Waals surface area contributed by atoms with Gasteiger partial charge in [0.05, 0.1) is 18.8 Å². The number of likely N-dealkylation sites (tertiary alicyclic amines) is 1. The average Bonchev–Trinajstić information content (AvgIpc) is 2.72. The van der Waals surface area contributed by atoms with Gasteiger partial charge in [-0.15, -0.1) is 0 Å². The molecule has 0 radical (unpaired) electrons. The van der Waals surface area contributed by atoms with E-state index in [1.807, 2.05) is 0 Å². The molecule has 2 atom stereocenters. The van der Waals surface area contributed by atoms with E-state index in [4.69, 9.17) is 10.5 Å². The van der Waals surface area contributed by atoms with Gasteiger partial charge in [-0.25, -0.2) is 0 Å². The molecule has 0 bridgehead atoms. The molecule has 1 saturated carbocycles. The number of hydrogen-bond acceptors (Lipinski definition) is 4. The number of aliphatic hydroxyl groups is 1. The maximum atomic E-state index is 10.4. The lowest BCUT2D eigenvalue weighted by Crippen LogP contribution is -2.62. The highest BCUT2D eigenvalue weighted by atomic mass is 16.5. The van der Waals surface area contributed by atoms with Crippen LogP contribution in [0.3, 0.4) is 0 Å². The third-order valence-corrected chi connectivity index (χ3v) is 6.78. The minimum Gasteiger partial charge on any atom is -0.392 e. The highest BCUT2D eigenvalue weighted by molar-refractivity contribution is 5.67.